The molecule has 1 aromatic carbocycles. The van der Waals surface area contributed by atoms with Gasteiger partial charge >= 0.3 is 5.97 Å². The maximum Gasteiger partial charge on any atom is 0.365 e. The number of nitrogens with zero attached hydrogens (tertiary/aromatic N) is 2. The molecule has 4 heteroatoms. The highest BCUT2D eigenvalue weighted by molar-refractivity contribution is 5.92. The van der Waals surface area contributed by atoms with Crippen LogP contribution in [0.5, 0.6) is 0 Å². The Morgan fingerprint density at radius 2 is 2.15 bits per heavy atom. The highest BCUT2D eigenvalue weighted by Gasteiger charge is 2.26. The molecule has 2 rings (SSSR count). The van der Waals surface area contributed by atoms with E-state index in [1.165, 1.54) is 0 Å². The monoisotopic (exact) mass is 274 g/mol. The number of oxime groups is 1. The van der Waals surface area contributed by atoms with Gasteiger partial charge in [-0.25, -0.2) is 4.79 Å². The third kappa shape index (κ3) is 3.45. The number of piperidine rings is 1. The summed E-state index contributed by atoms with van der Waals surface area (Å²) in [5.41, 5.74) is 2.55. The molecule has 1 aliphatic heterocycles. The van der Waals surface area contributed by atoms with Gasteiger partial charge in [0.05, 0.1) is 11.3 Å². The summed E-state index contributed by atoms with van der Waals surface area (Å²) in [6.45, 7) is 7.16. The van der Waals surface area contributed by atoms with E-state index in [9.17, 15) is 4.79 Å². The fraction of sp³-hybridized carbons (Fsp3) is 0.500. The maximum absolute atomic E-state index is 12.0. The molecule has 1 aliphatic rings. The molecule has 0 amide bonds. The third-order valence-electron chi connectivity index (χ3n) is 3.89. The summed E-state index contributed by atoms with van der Waals surface area (Å²) in [6.07, 6.45) is 0.846. The van der Waals surface area contributed by atoms with Crippen molar-refractivity contribution < 1.29 is 9.63 Å². The standard InChI is InChI=1S/C16H22N2O2/c1-11-6-5-7-14(8-11)16(19)20-17-15-9-13(3)18(4)10-12(15)2/h5-8,12-13H,9-10H2,1-4H3/b17-15-/t12-,13-/m0/s1. The van der Waals surface area contributed by atoms with E-state index >= 15 is 0 Å². The fourth-order valence-electron chi connectivity index (χ4n) is 2.43. The van der Waals surface area contributed by atoms with Crippen LogP contribution < -0.4 is 0 Å². The van der Waals surface area contributed by atoms with E-state index in [2.05, 4.69) is 31.0 Å². The maximum atomic E-state index is 12.0. The topological polar surface area (TPSA) is 41.9 Å². The van der Waals surface area contributed by atoms with Gasteiger partial charge in [0.25, 0.3) is 0 Å². The van der Waals surface area contributed by atoms with Crippen LogP contribution in [0.4, 0.5) is 0 Å². The Bertz CT molecular complexity index is 525. The molecule has 108 valence electrons. The lowest BCUT2D eigenvalue weighted by Crippen LogP contribution is -2.43. The Labute approximate surface area is 120 Å². The molecule has 1 aromatic rings. The number of hydrogen-bond donors (Lipinski definition) is 0. The van der Waals surface area contributed by atoms with Gasteiger partial charge in [-0.15, -0.1) is 0 Å². The third-order valence-corrected chi connectivity index (χ3v) is 3.89. The van der Waals surface area contributed by atoms with E-state index in [0.717, 1.165) is 24.2 Å². The number of aryl methyl sites for hydroxylation is 1. The van der Waals surface area contributed by atoms with E-state index in [4.69, 9.17) is 4.84 Å². The van der Waals surface area contributed by atoms with Crippen molar-refractivity contribution in [3.05, 3.63) is 35.4 Å². The first-order valence-electron chi connectivity index (χ1n) is 7.02. The zero-order chi connectivity index (χ0) is 14.7. The molecule has 0 aliphatic carbocycles. The predicted molar refractivity (Wildman–Crippen MR) is 79.9 cm³/mol. The highest BCUT2D eigenvalue weighted by atomic mass is 16.7. The van der Waals surface area contributed by atoms with Crippen LogP contribution in [0.2, 0.25) is 0 Å². The number of likely N-dealkylation sites (tertiary alicyclic amines) is 1. The number of benzene rings is 1. The second-order valence-electron chi connectivity index (χ2n) is 5.72. The Balaban J connectivity index is 2.03. The highest BCUT2D eigenvalue weighted by Crippen LogP contribution is 2.18. The van der Waals surface area contributed by atoms with Crippen LogP contribution in [0.25, 0.3) is 0 Å². The van der Waals surface area contributed by atoms with Crippen LogP contribution in [0.1, 0.15) is 36.2 Å². The van der Waals surface area contributed by atoms with Crippen LogP contribution in [0.3, 0.4) is 0 Å². The molecule has 4 nitrogen and oxygen atoms in total. The SMILES string of the molecule is Cc1cccc(C(=O)O/N=C2/C[C@H](C)N(C)C[C@@H]2C)c1. The Kier molecular flexibility index (Phi) is 4.55. The first-order valence-corrected chi connectivity index (χ1v) is 7.02. The average Bonchev–Trinajstić information content (AvgIpc) is 2.41. The minimum Gasteiger partial charge on any atom is -0.313 e. The summed E-state index contributed by atoms with van der Waals surface area (Å²) in [5.74, 6) is -0.0681. The molecule has 1 heterocycles. The van der Waals surface area contributed by atoms with Crippen LogP contribution >= 0.6 is 0 Å². The smallest absolute Gasteiger partial charge is 0.313 e. The first-order chi connectivity index (χ1) is 9.47. The minimum atomic E-state index is -0.389. The molecule has 2 atom stereocenters. The summed E-state index contributed by atoms with van der Waals surface area (Å²) in [7, 11) is 2.11. The van der Waals surface area contributed by atoms with Crippen molar-refractivity contribution in [1.29, 1.82) is 0 Å². The summed E-state index contributed by atoms with van der Waals surface area (Å²) in [6, 6.07) is 7.78. The predicted octanol–water partition coefficient (Wildman–Crippen LogP) is 2.87. The van der Waals surface area contributed by atoms with Gasteiger partial charge in [-0.2, -0.15) is 0 Å². The molecule has 0 bridgehead atoms. The van der Waals surface area contributed by atoms with Crippen molar-refractivity contribution in [2.45, 2.75) is 33.2 Å². The molecule has 0 saturated carbocycles. The average molecular weight is 274 g/mol. The second-order valence-corrected chi connectivity index (χ2v) is 5.72. The van der Waals surface area contributed by atoms with E-state index < -0.39 is 0 Å². The van der Waals surface area contributed by atoms with Gasteiger partial charge < -0.3 is 9.74 Å². The lowest BCUT2D eigenvalue weighted by Gasteiger charge is -2.34. The Hall–Kier alpha value is -1.68. The van der Waals surface area contributed by atoms with E-state index in [-0.39, 0.29) is 5.97 Å². The molecular formula is C16H22N2O2. The Morgan fingerprint density at radius 1 is 1.40 bits per heavy atom. The van der Waals surface area contributed by atoms with Crippen molar-refractivity contribution in [3.63, 3.8) is 0 Å². The molecule has 1 fully saturated rings. The van der Waals surface area contributed by atoms with Gasteiger partial charge in [0.1, 0.15) is 0 Å². The number of hydrogen-bond acceptors (Lipinski definition) is 4. The number of rotatable bonds is 2. The molecule has 0 unspecified atom stereocenters. The van der Waals surface area contributed by atoms with Gasteiger partial charge in [0.15, 0.2) is 0 Å². The van der Waals surface area contributed by atoms with Crippen molar-refractivity contribution in [2.75, 3.05) is 13.6 Å². The van der Waals surface area contributed by atoms with Gasteiger partial charge in [-0.3, -0.25) is 0 Å². The Morgan fingerprint density at radius 3 is 2.85 bits per heavy atom. The number of carbonyl (C=O) groups is 1. The van der Waals surface area contributed by atoms with Crippen molar-refractivity contribution in [3.8, 4) is 0 Å². The van der Waals surface area contributed by atoms with Gasteiger partial charge in [0, 0.05) is 24.9 Å². The lowest BCUT2D eigenvalue weighted by molar-refractivity contribution is 0.0508. The van der Waals surface area contributed by atoms with Crippen LogP contribution in [0, 0.1) is 12.8 Å². The molecule has 20 heavy (non-hydrogen) atoms. The summed E-state index contributed by atoms with van der Waals surface area (Å²) >= 11 is 0. The quantitative estimate of drug-likeness (QED) is 0.615. The van der Waals surface area contributed by atoms with Crippen molar-refractivity contribution >= 4 is 11.7 Å². The van der Waals surface area contributed by atoms with Crippen molar-refractivity contribution in [1.82, 2.24) is 4.90 Å². The molecular weight excluding hydrogens is 252 g/mol. The van der Waals surface area contributed by atoms with E-state index in [1.54, 1.807) is 6.07 Å². The van der Waals surface area contributed by atoms with E-state index in [1.807, 2.05) is 25.1 Å². The molecule has 0 N–H and O–H groups in total. The second kappa shape index (κ2) is 6.18. The number of carbonyl (C=O) groups excluding carboxylic acids is 1. The minimum absolute atomic E-state index is 0.321. The lowest BCUT2D eigenvalue weighted by atomic mass is 9.93. The van der Waals surface area contributed by atoms with Gasteiger partial charge in [-0.1, -0.05) is 29.8 Å². The summed E-state index contributed by atoms with van der Waals surface area (Å²) < 4.78 is 0. The van der Waals surface area contributed by atoms with E-state index in [0.29, 0.717) is 17.5 Å². The summed E-state index contributed by atoms with van der Waals surface area (Å²) in [5, 5.41) is 4.10. The van der Waals surface area contributed by atoms with Gasteiger partial charge in [0.2, 0.25) is 0 Å². The summed E-state index contributed by atoms with van der Waals surface area (Å²) in [4.78, 5) is 19.4. The zero-order valence-electron chi connectivity index (χ0n) is 12.6. The molecule has 0 aromatic heterocycles. The molecule has 0 radical (unpaired) electrons. The van der Waals surface area contributed by atoms with Crippen LogP contribution in [-0.2, 0) is 4.84 Å². The van der Waals surface area contributed by atoms with Crippen LogP contribution in [-0.4, -0.2) is 36.2 Å². The van der Waals surface area contributed by atoms with Gasteiger partial charge in [-0.05, 0) is 33.0 Å². The fourth-order valence-corrected chi connectivity index (χ4v) is 2.43. The largest absolute Gasteiger partial charge is 0.365 e. The first kappa shape index (κ1) is 14.7. The molecule has 0 spiro atoms. The zero-order valence-corrected chi connectivity index (χ0v) is 12.6. The van der Waals surface area contributed by atoms with Crippen molar-refractivity contribution in [2.24, 2.45) is 11.1 Å². The molecule has 1 saturated heterocycles. The van der Waals surface area contributed by atoms with Crippen LogP contribution in [0.15, 0.2) is 29.4 Å². The normalized spacial score (nSPS) is 25.7.